The highest BCUT2D eigenvalue weighted by molar-refractivity contribution is 6.01. The van der Waals surface area contributed by atoms with Gasteiger partial charge in [-0.2, -0.15) is 0 Å². The van der Waals surface area contributed by atoms with Gasteiger partial charge in [0.05, 0.1) is 12.1 Å². The van der Waals surface area contributed by atoms with Crippen molar-refractivity contribution in [3.05, 3.63) is 88.3 Å². The number of aryl methyl sites for hydroxylation is 1. The fraction of sp³-hybridized carbons (Fsp3) is 0.190. The zero-order chi connectivity index (χ0) is 18.1. The lowest BCUT2D eigenvalue weighted by atomic mass is 10.0. The second-order valence-electron chi connectivity index (χ2n) is 6.46. The normalized spacial score (nSPS) is 12.9. The van der Waals surface area contributed by atoms with Gasteiger partial charge in [-0.1, -0.05) is 59.8 Å². The molecule has 0 radical (unpaired) electrons. The Balaban J connectivity index is 1.57. The number of rotatable bonds is 4. The summed E-state index contributed by atoms with van der Waals surface area (Å²) >= 11 is 0. The molecule has 2 heterocycles. The lowest BCUT2D eigenvalue weighted by Gasteiger charge is -2.15. The van der Waals surface area contributed by atoms with Gasteiger partial charge in [-0.3, -0.25) is 9.59 Å². The maximum atomic E-state index is 13.1. The molecule has 1 aliphatic rings. The SMILES string of the molecule is Cc1noc(CC(=O)c2ccccc2)c1C(=O)N1Cc2ccccc2C1. The highest BCUT2D eigenvalue weighted by atomic mass is 16.5. The Morgan fingerprint density at radius 3 is 2.27 bits per heavy atom. The van der Waals surface area contributed by atoms with Gasteiger partial charge in [0.25, 0.3) is 5.91 Å². The summed E-state index contributed by atoms with van der Waals surface area (Å²) in [4.78, 5) is 27.3. The van der Waals surface area contributed by atoms with Crippen LogP contribution in [-0.4, -0.2) is 21.7 Å². The van der Waals surface area contributed by atoms with E-state index in [1.165, 1.54) is 0 Å². The largest absolute Gasteiger partial charge is 0.360 e. The van der Waals surface area contributed by atoms with Crippen molar-refractivity contribution in [3.63, 3.8) is 0 Å². The number of ketones is 1. The molecule has 1 amide bonds. The van der Waals surface area contributed by atoms with Crippen molar-refractivity contribution >= 4 is 11.7 Å². The molecule has 0 saturated carbocycles. The molecule has 1 aliphatic heterocycles. The van der Waals surface area contributed by atoms with Gasteiger partial charge in [-0.05, 0) is 18.1 Å². The minimum Gasteiger partial charge on any atom is -0.360 e. The molecule has 130 valence electrons. The van der Waals surface area contributed by atoms with Crippen molar-refractivity contribution in [1.82, 2.24) is 10.1 Å². The number of fused-ring (bicyclic) bond motifs is 1. The third-order valence-corrected chi connectivity index (χ3v) is 4.69. The first-order valence-electron chi connectivity index (χ1n) is 8.53. The Labute approximate surface area is 151 Å². The van der Waals surface area contributed by atoms with Gasteiger partial charge < -0.3 is 9.42 Å². The highest BCUT2D eigenvalue weighted by Crippen LogP contribution is 2.26. The average Bonchev–Trinajstić information content (AvgIpc) is 3.25. The Bertz CT molecular complexity index is 951. The molecule has 1 aromatic heterocycles. The van der Waals surface area contributed by atoms with E-state index in [9.17, 15) is 9.59 Å². The molecule has 26 heavy (non-hydrogen) atoms. The minimum atomic E-state index is -0.143. The molecule has 5 heteroatoms. The van der Waals surface area contributed by atoms with Crippen molar-refractivity contribution in [1.29, 1.82) is 0 Å². The Hall–Kier alpha value is -3.21. The first kappa shape index (κ1) is 16.3. The fourth-order valence-corrected chi connectivity index (χ4v) is 3.32. The molecule has 3 aromatic rings. The molecule has 0 aliphatic carbocycles. The number of amides is 1. The van der Waals surface area contributed by atoms with Crippen LogP contribution in [0, 0.1) is 6.92 Å². The van der Waals surface area contributed by atoms with Crippen molar-refractivity contribution in [2.24, 2.45) is 0 Å². The van der Waals surface area contributed by atoms with Gasteiger partial charge in [-0.25, -0.2) is 0 Å². The van der Waals surface area contributed by atoms with E-state index in [1.807, 2.05) is 42.5 Å². The molecule has 0 atom stereocenters. The lowest BCUT2D eigenvalue weighted by Crippen LogP contribution is -2.26. The van der Waals surface area contributed by atoms with Crippen molar-refractivity contribution in [2.75, 3.05) is 0 Å². The smallest absolute Gasteiger partial charge is 0.259 e. The lowest BCUT2D eigenvalue weighted by molar-refractivity contribution is 0.0748. The Morgan fingerprint density at radius 1 is 1.00 bits per heavy atom. The number of aromatic nitrogens is 1. The predicted molar refractivity (Wildman–Crippen MR) is 95.7 cm³/mol. The minimum absolute atomic E-state index is 0.0206. The van der Waals surface area contributed by atoms with E-state index in [-0.39, 0.29) is 18.1 Å². The number of Topliss-reactive ketones (excluding diaryl/α,β-unsaturated/α-hetero) is 1. The van der Waals surface area contributed by atoms with Gasteiger partial charge in [0, 0.05) is 18.7 Å². The van der Waals surface area contributed by atoms with Crippen LogP contribution in [0.3, 0.4) is 0 Å². The van der Waals surface area contributed by atoms with Gasteiger partial charge in [0.15, 0.2) is 11.5 Å². The van der Waals surface area contributed by atoms with E-state index in [1.54, 1.807) is 24.0 Å². The molecular formula is C21H18N2O3. The molecule has 2 aromatic carbocycles. The van der Waals surface area contributed by atoms with Gasteiger partial charge in [0.2, 0.25) is 0 Å². The van der Waals surface area contributed by atoms with Crippen LogP contribution in [0.15, 0.2) is 59.1 Å². The summed E-state index contributed by atoms with van der Waals surface area (Å²) in [5.74, 6) is 0.0913. The van der Waals surface area contributed by atoms with Crippen molar-refractivity contribution < 1.29 is 14.1 Å². The third kappa shape index (κ3) is 2.92. The summed E-state index contributed by atoms with van der Waals surface area (Å²) < 4.78 is 5.33. The number of carbonyl (C=O) groups is 2. The molecule has 0 bridgehead atoms. The molecule has 0 spiro atoms. The van der Waals surface area contributed by atoms with E-state index >= 15 is 0 Å². The van der Waals surface area contributed by atoms with Gasteiger partial charge >= 0.3 is 0 Å². The van der Waals surface area contributed by atoms with Crippen LogP contribution in [0.2, 0.25) is 0 Å². The van der Waals surface area contributed by atoms with E-state index in [0.717, 1.165) is 11.1 Å². The summed E-state index contributed by atoms with van der Waals surface area (Å²) in [5, 5.41) is 3.93. The highest BCUT2D eigenvalue weighted by Gasteiger charge is 2.30. The second-order valence-corrected chi connectivity index (χ2v) is 6.46. The number of hydrogen-bond acceptors (Lipinski definition) is 4. The molecule has 0 saturated heterocycles. The van der Waals surface area contributed by atoms with Crippen LogP contribution in [0.1, 0.15) is 43.3 Å². The number of nitrogens with zero attached hydrogens (tertiary/aromatic N) is 2. The second kappa shape index (κ2) is 6.59. The number of benzene rings is 2. The summed E-state index contributed by atoms with van der Waals surface area (Å²) in [6.45, 7) is 2.85. The number of carbonyl (C=O) groups excluding carboxylic acids is 2. The van der Waals surface area contributed by atoms with Crippen molar-refractivity contribution in [3.8, 4) is 0 Å². The molecule has 0 fully saturated rings. The van der Waals surface area contributed by atoms with Crippen LogP contribution < -0.4 is 0 Å². The molecular weight excluding hydrogens is 328 g/mol. The summed E-state index contributed by atoms with van der Waals surface area (Å²) in [7, 11) is 0. The topological polar surface area (TPSA) is 63.4 Å². The number of hydrogen-bond donors (Lipinski definition) is 0. The summed E-state index contributed by atoms with van der Waals surface area (Å²) in [6.07, 6.45) is 0.0206. The van der Waals surface area contributed by atoms with Gasteiger partial charge in [-0.15, -0.1) is 0 Å². The maximum absolute atomic E-state index is 13.1. The first-order valence-corrected chi connectivity index (χ1v) is 8.53. The predicted octanol–water partition coefficient (Wildman–Crippen LogP) is 3.56. The quantitative estimate of drug-likeness (QED) is 0.678. The van der Waals surface area contributed by atoms with E-state index < -0.39 is 0 Å². The van der Waals surface area contributed by atoms with Crippen LogP contribution >= 0.6 is 0 Å². The fourth-order valence-electron chi connectivity index (χ4n) is 3.32. The Kier molecular flexibility index (Phi) is 4.13. The van der Waals surface area contributed by atoms with Crippen LogP contribution in [-0.2, 0) is 19.5 Å². The standard InChI is InChI=1S/C21H18N2O3/c1-14-20(21(25)23-12-16-9-5-6-10-17(16)13-23)19(26-22-14)11-18(24)15-7-3-2-4-8-15/h2-10H,11-13H2,1H3. The maximum Gasteiger partial charge on any atom is 0.259 e. The van der Waals surface area contributed by atoms with E-state index in [2.05, 4.69) is 5.16 Å². The van der Waals surface area contributed by atoms with Crippen LogP contribution in [0.25, 0.3) is 0 Å². The monoisotopic (exact) mass is 346 g/mol. The zero-order valence-electron chi connectivity index (χ0n) is 14.4. The van der Waals surface area contributed by atoms with Gasteiger partial charge in [0.1, 0.15) is 5.56 Å². The molecule has 4 rings (SSSR count). The molecule has 0 unspecified atom stereocenters. The average molecular weight is 346 g/mol. The third-order valence-electron chi connectivity index (χ3n) is 4.69. The first-order chi connectivity index (χ1) is 12.6. The zero-order valence-corrected chi connectivity index (χ0v) is 14.4. The van der Waals surface area contributed by atoms with E-state index in [4.69, 9.17) is 4.52 Å². The van der Waals surface area contributed by atoms with Crippen LogP contribution in [0.5, 0.6) is 0 Å². The van der Waals surface area contributed by atoms with Crippen LogP contribution in [0.4, 0.5) is 0 Å². The van der Waals surface area contributed by atoms with Crippen molar-refractivity contribution in [2.45, 2.75) is 26.4 Å². The molecule has 5 nitrogen and oxygen atoms in total. The summed E-state index contributed by atoms with van der Waals surface area (Å²) in [5.41, 5.74) is 3.81. The van der Waals surface area contributed by atoms with E-state index in [0.29, 0.717) is 35.7 Å². The molecule has 0 N–H and O–H groups in total. The Morgan fingerprint density at radius 2 is 1.62 bits per heavy atom. The summed E-state index contributed by atoms with van der Waals surface area (Å²) in [6, 6.07) is 17.0.